The highest BCUT2D eigenvalue weighted by molar-refractivity contribution is 6.05. The average molecular weight is 367 g/mol. The van der Waals surface area contributed by atoms with Crippen molar-refractivity contribution in [2.24, 2.45) is 11.0 Å². The lowest BCUT2D eigenvalue weighted by Gasteiger charge is -2.19. The molecule has 0 aliphatic carbocycles. The van der Waals surface area contributed by atoms with E-state index in [1.807, 2.05) is 54.2 Å². The first-order chi connectivity index (χ1) is 13.1. The van der Waals surface area contributed by atoms with Gasteiger partial charge in [-0.05, 0) is 35.7 Å². The maximum atomic E-state index is 11.4. The number of hydrazone groups is 1. The number of aliphatic hydroxyl groups excluding tert-OH is 1. The molecule has 0 spiro atoms. The summed E-state index contributed by atoms with van der Waals surface area (Å²) in [6.07, 6.45) is 9.55. The molecule has 0 radical (unpaired) electrons. The van der Waals surface area contributed by atoms with Gasteiger partial charge >= 0.3 is 0 Å². The van der Waals surface area contributed by atoms with Crippen LogP contribution in [0.25, 0.3) is 5.69 Å². The second kappa shape index (κ2) is 9.00. The molecule has 2 N–H and O–H groups in total. The summed E-state index contributed by atoms with van der Waals surface area (Å²) in [5, 5.41) is 14.6. The van der Waals surface area contributed by atoms with Crippen LogP contribution in [0.5, 0.6) is 0 Å². The molecule has 144 valence electrons. The molecule has 2 heterocycles. The Hall–Kier alpha value is -2.40. The van der Waals surface area contributed by atoms with Gasteiger partial charge in [0.15, 0.2) is 0 Å². The summed E-state index contributed by atoms with van der Waals surface area (Å²) in [6, 6.07) is 10.1. The fraction of sp³-hybridized carbons (Fsp3) is 0.455. The summed E-state index contributed by atoms with van der Waals surface area (Å²) >= 11 is 0. The third kappa shape index (κ3) is 4.86. The minimum absolute atomic E-state index is 0.0315. The van der Waals surface area contributed by atoms with Gasteiger partial charge in [0.2, 0.25) is 5.91 Å². The molecule has 1 aromatic carbocycles. The molecule has 5 heteroatoms. The molecule has 1 aliphatic rings. The van der Waals surface area contributed by atoms with Crippen LogP contribution in [0.3, 0.4) is 0 Å². The van der Waals surface area contributed by atoms with Gasteiger partial charge in [-0.1, -0.05) is 51.7 Å². The van der Waals surface area contributed by atoms with Crippen molar-refractivity contribution < 1.29 is 9.90 Å². The molecule has 2 unspecified atom stereocenters. The molecule has 0 bridgehead atoms. The maximum Gasteiger partial charge on any atom is 0.240 e. The summed E-state index contributed by atoms with van der Waals surface area (Å²) in [4.78, 5) is 11.4. The van der Waals surface area contributed by atoms with Crippen LogP contribution in [0.2, 0.25) is 0 Å². The van der Waals surface area contributed by atoms with E-state index in [0.29, 0.717) is 6.42 Å². The van der Waals surface area contributed by atoms with Crippen LogP contribution < -0.4 is 5.43 Å². The summed E-state index contributed by atoms with van der Waals surface area (Å²) < 4.78 is 2.03. The largest absolute Gasteiger partial charge is 0.388 e. The van der Waals surface area contributed by atoms with Crippen LogP contribution in [-0.4, -0.2) is 21.3 Å². The first-order valence-corrected chi connectivity index (χ1v) is 9.91. The molecule has 2 aromatic rings. The normalized spacial score (nSPS) is 18.1. The third-order valence-corrected chi connectivity index (χ3v) is 5.15. The lowest BCUT2D eigenvalue weighted by molar-refractivity contribution is -0.121. The van der Waals surface area contributed by atoms with E-state index in [-0.39, 0.29) is 11.8 Å². The Balaban J connectivity index is 1.66. The minimum atomic E-state index is -0.400. The average Bonchev–Trinajstić information content (AvgIpc) is 3.16. The first-order valence-electron chi connectivity index (χ1n) is 9.91. The zero-order valence-electron chi connectivity index (χ0n) is 16.2. The number of amides is 1. The highest BCUT2D eigenvalue weighted by Gasteiger charge is 2.21. The van der Waals surface area contributed by atoms with Crippen LogP contribution in [0.4, 0.5) is 0 Å². The molecular formula is C22H29N3O2. The number of benzene rings is 1. The molecule has 1 aliphatic heterocycles. The Bertz CT molecular complexity index is 792. The Morgan fingerprint density at radius 1 is 1.22 bits per heavy atom. The van der Waals surface area contributed by atoms with E-state index in [0.717, 1.165) is 35.4 Å². The van der Waals surface area contributed by atoms with Gasteiger partial charge in [-0.25, -0.2) is 5.43 Å². The standard InChI is InChI=1S/C22H29N3O2/c1-3-4-5-6-7-20(26)18-12-13-25(15-18)19-10-8-17(9-11-19)22-16(2)14-21(27)23-24-22/h8-13,15-16,20,26H,3-7,14H2,1-2H3,(H,23,27). The van der Waals surface area contributed by atoms with Gasteiger partial charge in [0.25, 0.3) is 0 Å². The highest BCUT2D eigenvalue weighted by Crippen LogP contribution is 2.23. The molecule has 0 saturated carbocycles. The Labute approximate surface area is 161 Å². The zero-order valence-corrected chi connectivity index (χ0v) is 16.2. The topological polar surface area (TPSA) is 66.6 Å². The quantitative estimate of drug-likeness (QED) is 0.682. The second-order valence-electron chi connectivity index (χ2n) is 7.40. The Kier molecular flexibility index (Phi) is 6.45. The molecule has 0 saturated heterocycles. The Morgan fingerprint density at radius 3 is 2.70 bits per heavy atom. The summed E-state index contributed by atoms with van der Waals surface area (Å²) in [7, 11) is 0. The van der Waals surface area contributed by atoms with E-state index < -0.39 is 6.10 Å². The molecular weight excluding hydrogens is 338 g/mol. The van der Waals surface area contributed by atoms with Gasteiger partial charge < -0.3 is 9.67 Å². The smallest absolute Gasteiger partial charge is 0.240 e. The number of aliphatic hydroxyl groups is 1. The third-order valence-electron chi connectivity index (χ3n) is 5.15. The Morgan fingerprint density at radius 2 is 2.00 bits per heavy atom. The van der Waals surface area contributed by atoms with Crippen LogP contribution in [0, 0.1) is 5.92 Å². The highest BCUT2D eigenvalue weighted by atomic mass is 16.3. The van der Waals surface area contributed by atoms with Crippen molar-refractivity contribution in [1.29, 1.82) is 0 Å². The van der Waals surface area contributed by atoms with Crippen molar-refractivity contribution in [3.05, 3.63) is 53.9 Å². The van der Waals surface area contributed by atoms with Crippen molar-refractivity contribution in [2.75, 3.05) is 0 Å². The van der Waals surface area contributed by atoms with Gasteiger partial charge in [0, 0.05) is 30.4 Å². The molecule has 3 rings (SSSR count). The number of carbonyl (C=O) groups is 1. The van der Waals surface area contributed by atoms with Crippen LogP contribution >= 0.6 is 0 Å². The van der Waals surface area contributed by atoms with Crippen LogP contribution in [0.1, 0.15) is 69.6 Å². The monoisotopic (exact) mass is 367 g/mol. The summed E-state index contributed by atoms with van der Waals surface area (Å²) in [6.45, 7) is 4.21. The van der Waals surface area contributed by atoms with Gasteiger partial charge in [0.05, 0.1) is 11.8 Å². The number of rotatable bonds is 8. The van der Waals surface area contributed by atoms with Crippen molar-refractivity contribution in [3.8, 4) is 5.69 Å². The second-order valence-corrected chi connectivity index (χ2v) is 7.40. The fourth-order valence-corrected chi connectivity index (χ4v) is 3.51. The summed E-state index contributed by atoms with van der Waals surface area (Å²) in [5.74, 6) is 0.0848. The number of nitrogens with zero attached hydrogens (tertiary/aromatic N) is 2. The van der Waals surface area contributed by atoms with Gasteiger partial charge in [0.1, 0.15) is 0 Å². The number of nitrogens with one attached hydrogen (secondary N) is 1. The van der Waals surface area contributed by atoms with E-state index in [1.165, 1.54) is 19.3 Å². The zero-order chi connectivity index (χ0) is 19.2. The van der Waals surface area contributed by atoms with Crippen LogP contribution in [-0.2, 0) is 4.79 Å². The van der Waals surface area contributed by atoms with E-state index in [1.54, 1.807) is 0 Å². The molecule has 0 fully saturated rings. The fourth-order valence-electron chi connectivity index (χ4n) is 3.51. The van der Waals surface area contributed by atoms with Crippen molar-refractivity contribution in [1.82, 2.24) is 9.99 Å². The number of carbonyl (C=O) groups excluding carboxylic acids is 1. The molecule has 1 aromatic heterocycles. The predicted octanol–water partition coefficient (Wildman–Crippen LogP) is 4.34. The molecule has 27 heavy (non-hydrogen) atoms. The first kappa shape index (κ1) is 19.4. The van der Waals surface area contributed by atoms with Crippen LogP contribution in [0.15, 0.2) is 47.8 Å². The van der Waals surface area contributed by atoms with Crippen molar-refractivity contribution >= 4 is 11.6 Å². The van der Waals surface area contributed by atoms with E-state index in [2.05, 4.69) is 17.5 Å². The number of unbranched alkanes of at least 4 members (excludes halogenated alkanes) is 3. The molecule has 1 amide bonds. The maximum absolute atomic E-state index is 11.4. The number of aromatic nitrogens is 1. The molecule has 2 atom stereocenters. The van der Waals surface area contributed by atoms with E-state index >= 15 is 0 Å². The van der Waals surface area contributed by atoms with E-state index in [4.69, 9.17) is 0 Å². The SMILES string of the molecule is CCCCCCC(O)c1ccn(-c2ccc(C3=NNC(=O)CC3C)cc2)c1. The van der Waals surface area contributed by atoms with Crippen molar-refractivity contribution in [2.45, 2.75) is 58.5 Å². The van der Waals surface area contributed by atoms with E-state index in [9.17, 15) is 9.90 Å². The number of hydrogen-bond donors (Lipinski definition) is 2. The minimum Gasteiger partial charge on any atom is -0.388 e. The van der Waals surface area contributed by atoms with Gasteiger partial charge in [-0.2, -0.15) is 5.10 Å². The summed E-state index contributed by atoms with van der Waals surface area (Å²) in [5.41, 5.74) is 6.50. The lowest BCUT2D eigenvalue weighted by Crippen LogP contribution is -2.31. The molecule has 5 nitrogen and oxygen atoms in total. The van der Waals surface area contributed by atoms with Gasteiger partial charge in [-0.3, -0.25) is 4.79 Å². The van der Waals surface area contributed by atoms with Gasteiger partial charge in [-0.15, -0.1) is 0 Å². The van der Waals surface area contributed by atoms with Crippen molar-refractivity contribution in [3.63, 3.8) is 0 Å². The lowest BCUT2D eigenvalue weighted by atomic mass is 9.94. The number of hydrogen-bond acceptors (Lipinski definition) is 3. The predicted molar refractivity (Wildman–Crippen MR) is 108 cm³/mol.